The van der Waals surface area contributed by atoms with Crippen molar-refractivity contribution in [1.29, 1.82) is 0 Å². The van der Waals surface area contributed by atoms with E-state index in [0.717, 1.165) is 69.1 Å². The molecule has 0 aromatic heterocycles. The Labute approximate surface area is 325 Å². The topological polar surface area (TPSA) is 156 Å². The van der Waals surface area contributed by atoms with Gasteiger partial charge in [-0.05, 0) is 55.8 Å². The number of thioether (sulfide) groups is 1. The third-order valence-corrected chi connectivity index (χ3v) is 11.1. The van der Waals surface area contributed by atoms with Gasteiger partial charge in [-0.3, -0.25) is 19.2 Å². The average molecular weight is 763 g/mol. The lowest BCUT2D eigenvalue weighted by Crippen LogP contribution is -2.42. The van der Waals surface area contributed by atoms with E-state index in [4.69, 9.17) is 20.7 Å². The van der Waals surface area contributed by atoms with Crippen molar-refractivity contribution in [3.05, 3.63) is 35.9 Å². The first-order valence-corrected chi connectivity index (χ1v) is 22.2. The fourth-order valence-corrected chi connectivity index (χ4v) is 7.75. The molecule has 1 rings (SSSR count). The molecule has 1 aromatic rings. The SMILES string of the molecule is N[C@@H](CSC[C@H](CCCCCCCCCCCCC(=O)O)CCCCCCCCCCCC(=O)O)C(=O)NCCCCCC(=O)OCc1ccccc1. The minimum absolute atomic E-state index is 0.0986. The molecule has 9 nitrogen and oxygen atoms in total. The second kappa shape index (κ2) is 35.1. The molecule has 304 valence electrons. The lowest BCUT2D eigenvalue weighted by molar-refractivity contribution is -0.145. The third-order valence-electron chi connectivity index (χ3n) is 9.84. The van der Waals surface area contributed by atoms with Gasteiger partial charge in [-0.25, -0.2) is 0 Å². The largest absolute Gasteiger partial charge is 0.481 e. The van der Waals surface area contributed by atoms with Crippen LogP contribution in [0.15, 0.2) is 30.3 Å². The van der Waals surface area contributed by atoms with Crippen molar-refractivity contribution in [3.8, 4) is 0 Å². The molecule has 5 N–H and O–H groups in total. The number of esters is 1. The van der Waals surface area contributed by atoms with E-state index in [9.17, 15) is 19.2 Å². The molecule has 0 radical (unpaired) electrons. The molecular weight excluding hydrogens is 689 g/mol. The molecule has 0 unspecified atom stereocenters. The molecule has 2 atom stereocenters. The van der Waals surface area contributed by atoms with Gasteiger partial charge in [-0.1, -0.05) is 146 Å². The van der Waals surface area contributed by atoms with Gasteiger partial charge in [0.15, 0.2) is 0 Å². The second-order valence-corrected chi connectivity index (χ2v) is 15.9. The Balaban J connectivity index is 2.22. The monoisotopic (exact) mass is 763 g/mol. The van der Waals surface area contributed by atoms with Gasteiger partial charge < -0.3 is 26.0 Å². The molecule has 0 aliphatic rings. The number of ether oxygens (including phenoxy) is 1. The summed E-state index contributed by atoms with van der Waals surface area (Å²) in [6.07, 6.45) is 28.0. The van der Waals surface area contributed by atoms with Gasteiger partial charge in [-0.2, -0.15) is 11.8 Å². The van der Waals surface area contributed by atoms with Crippen LogP contribution < -0.4 is 11.1 Å². The van der Waals surface area contributed by atoms with Crippen molar-refractivity contribution in [3.63, 3.8) is 0 Å². The first-order chi connectivity index (χ1) is 25.8. The summed E-state index contributed by atoms with van der Waals surface area (Å²) in [5, 5.41) is 20.5. The zero-order valence-corrected chi connectivity index (χ0v) is 33.7. The Bertz CT molecular complexity index is 1060. The van der Waals surface area contributed by atoms with Crippen LogP contribution in [0, 0.1) is 5.92 Å². The smallest absolute Gasteiger partial charge is 0.306 e. The zero-order chi connectivity index (χ0) is 38.6. The molecule has 10 heteroatoms. The maximum atomic E-state index is 12.6. The Morgan fingerprint density at radius 2 is 1.02 bits per heavy atom. The lowest BCUT2D eigenvalue weighted by Gasteiger charge is -2.18. The number of carbonyl (C=O) groups is 4. The highest BCUT2D eigenvalue weighted by atomic mass is 32.2. The standard InChI is InChI=1S/C43H74N2O7S/c44-39(43(51)45-33-25-17-24-32-42(50)52-34-37-26-20-16-21-27-37)36-53-35-38(29-19-13-9-5-3-7-11-15-23-31-41(48)49)28-18-12-8-4-1-2-6-10-14-22-30-40(46)47/h16,20-21,26-27,38-39H,1-15,17-19,22-25,28-36,44H2,(H,45,51)(H,46,47)(H,48,49)/t38-,39+/m1/s1. The lowest BCUT2D eigenvalue weighted by atomic mass is 9.95. The van der Waals surface area contributed by atoms with Crippen LogP contribution >= 0.6 is 11.8 Å². The van der Waals surface area contributed by atoms with Gasteiger partial charge in [0.05, 0.1) is 6.04 Å². The highest BCUT2D eigenvalue weighted by molar-refractivity contribution is 7.99. The molecule has 0 aliphatic heterocycles. The van der Waals surface area contributed by atoms with Gasteiger partial charge in [0.1, 0.15) is 6.61 Å². The summed E-state index contributed by atoms with van der Waals surface area (Å²) in [6, 6.07) is 9.14. The second-order valence-electron chi connectivity index (χ2n) is 14.8. The summed E-state index contributed by atoms with van der Waals surface area (Å²) in [5.41, 5.74) is 7.25. The predicted molar refractivity (Wildman–Crippen MR) is 218 cm³/mol. The Morgan fingerprint density at radius 1 is 0.585 bits per heavy atom. The zero-order valence-electron chi connectivity index (χ0n) is 32.9. The minimum Gasteiger partial charge on any atom is -0.481 e. The highest BCUT2D eigenvalue weighted by Crippen LogP contribution is 2.24. The number of hydrogen-bond acceptors (Lipinski definition) is 7. The van der Waals surface area contributed by atoms with E-state index in [0.29, 0.717) is 37.7 Å². The maximum Gasteiger partial charge on any atom is 0.306 e. The molecular formula is C43H74N2O7S. The van der Waals surface area contributed by atoms with Crippen LogP contribution in [0.4, 0.5) is 0 Å². The minimum atomic E-state index is -0.694. The van der Waals surface area contributed by atoms with Gasteiger partial charge in [-0.15, -0.1) is 0 Å². The van der Waals surface area contributed by atoms with Crippen molar-refractivity contribution < 1.29 is 34.1 Å². The van der Waals surface area contributed by atoms with Crippen LogP contribution in [-0.4, -0.2) is 58.1 Å². The number of unbranched alkanes of at least 4 members (excludes halogenated alkanes) is 19. The van der Waals surface area contributed by atoms with Crippen LogP contribution in [0.1, 0.15) is 179 Å². The van der Waals surface area contributed by atoms with Crippen molar-refractivity contribution in [1.82, 2.24) is 5.32 Å². The van der Waals surface area contributed by atoms with E-state index >= 15 is 0 Å². The molecule has 0 heterocycles. The summed E-state index contributed by atoms with van der Waals surface area (Å²) in [6.45, 7) is 0.867. The van der Waals surface area contributed by atoms with Crippen LogP contribution in [0.3, 0.4) is 0 Å². The number of nitrogens with two attached hydrogens (primary N) is 1. The number of carbonyl (C=O) groups excluding carboxylic acids is 2. The summed E-state index contributed by atoms with van der Waals surface area (Å²) in [7, 11) is 0. The van der Waals surface area contributed by atoms with Gasteiger partial charge in [0.25, 0.3) is 0 Å². The molecule has 0 bridgehead atoms. The molecule has 1 aromatic carbocycles. The maximum absolute atomic E-state index is 12.6. The van der Waals surface area contributed by atoms with Gasteiger partial charge in [0.2, 0.25) is 5.91 Å². The van der Waals surface area contributed by atoms with E-state index < -0.39 is 18.0 Å². The molecule has 53 heavy (non-hydrogen) atoms. The number of benzene rings is 1. The number of nitrogens with one attached hydrogen (secondary N) is 1. The average Bonchev–Trinajstić information content (AvgIpc) is 3.14. The fraction of sp³-hybridized carbons (Fsp3) is 0.767. The first-order valence-electron chi connectivity index (χ1n) is 21.0. The first kappa shape index (κ1) is 48.4. The Morgan fingerprint density at radius 3 is 1.51 bits per heavy atom. The normalized spacial score (nSPS) is 12.3. The number of amides is 1. The van der Waals surface area contributed by atoms with Crippen LogP contribution in [0.5, 0.6) is 0 Å². The van der Waals surface area contributed by atoms with E-state index in [2.05, 4.69) is 5.32 Å². The summed E-state index contributed by atoms with van der Waals surface area (Å²) in [4.78, 5) is 45.9. The molecule has 0 aliphatic carbocycles. The van der Waals surface area contributed by atoms with E-state index in [1.54, 1.807) is 0 Å². The summed E-state index contributed by atoms with van der Waals surface area (Å²) in [5.74, 6) is 0.637. The molecule has 0 saturated heterocycles. The molecule has 0 spiro atoms. The molecule has 0 saturated carbocycles. The van der Waals surface area contributed by atoms with Gasteiger partial charge >= 0.3 is 17.9 Å². The van der Waals surface area contributed by atoms with E-state index in [1.165, 1.54) is 96.3 Å². The van der Waals surface area contributed by atoms with Crippen molar-refractivity contribution in [2.75, 3.05) is 18.1 Å². The van der Waals surface area contributed by atoms with Crippen molar-refractivity contribution in [2.24, 2.45) is 11.7 Å². The molecule has 0 fully saturated rings. The van der Waals surface area contributed by atoms with Crippen LogP contribution in [0.2, 0.25) is 0 Å². The number of carboxylic acids is 2. The van der Waals surface area contributed by atoms with E-state index in [1.807, 2.05) is 42.1 Å². The van der Waals surface area contributed by atoms with Crippen LogP contribution in [-0.2, 0) is 30.5 Å². The number of rotatable bonds is 38. The van der Waals surface area contributed by atoms with E-state index in [-0.39, 0.29) is 18.3 Å². The summed E-state index contributed by atoms with van der Waals surface area (Å²) >= 11 is 1.81. The Hall–Kier alpha value is -2.59. The predicted octanol–water partition coefficient (Wildman–Crippen LogP) is 10.2. The van der Waals surface area contributed by atoms with Gasteiger partial charge in [0, 0.05) is 31.6 Å². The number of carboxylic acid groups (broad SMARTS) is 2. The van der Waals surface area contributed by atoms with Crippen LogP contribution in [0.25, 0.3) is 0 Å². The highest BCUT2D eigenvalue weighted by Gasteiger charge is 2.15. The Kier molecular flexibility index (Phi) is 32.1. The third kappa shape index (κ3) is 32.6. The number of hydrogen-bond donors (Lipinski definition) is 4. The summed E-state index contributed by atoms with van der Waals surface area (Å²) < 4.78 is 5.33. The van der Waals surface area contributed by atoms with Crippen molar-refractivity contribution in [2.45, 2.75) is 186 Å². The fourth-order valence-electron chi connectivity index (χ4n) is 6.54. The number of aliphatic carboxylic acids is 2. The quantitative estimate of drug-likeness (QED) is 0.0380. The van der Waals surface area contributed by atoms with Crippen molar-refractivity contribution >= 4 is 35.6 Å². The molecule has 1 amide bonds.